The molecular formula is C20H23N5O2. The zero-order chi connectivity index (χ0) is 19.1. The molecule has 2 N–H and O–H groups in total. The number of nitrogens with zero attached hydrogens (tertiary/aromatic N) is 3. The lowest BCUT2D eigenvalue weighted by molar-refractivity contribution is 0.0952. The first-order valence-electron chi connectivity index (χ1n) is 9.32. The van der Waals surface area contributed by atoms with Crippen molar-refractivity contribution in [3.05, 3.63) is 56.8 Å². The summed E-state index contributed by atoms with van der Waals surface area (Å²) in [6.45, 7) is 6.61. The minimum atomic E-state index is -0.209. The largest absolute Gasteiger partial charge is 0.348 e. The molecule has 0 bridgehead atoms. The first-order chi connectivity index (χ1) is 13.0. The Balaban J connectivity index is 1.67. The van der Waals surface area contributed by atoms with Crippen LogP contribution in [0.5, 0.6) is 0 Å². The summed E-state index contributed by atoms with van der Waals surface area (Å²) in [4.78, 5) is 32.6. The average Bonchev–Trinajstić information content (AvgIpc) is 3.39. The van der Waals surface area contributed by atoms with Crippen LogP contribution in [0.4, 0.5) is 0 Å². The summed E-state index contributed by atoms with van der Waals surface area (Å²) in [6, 6.07) is 3.78. The third-order valence-electron chi connectivity index (χ3n) is 5.09. The van der Waals surface area contributed by atoms with Crippen molar-refractivity contribution in [2.45, 2.75) is 52.6 Å². The highest BCUT2D eigenvalue weighted by Gasteiger charge is 2.28. The predicted octanol–water partition coefficient (Wildman–Crippen LogP) is 2.56. The fraction of sp³-hybridized carbons (Fsp3) is 0.400. The van der Waals surface area contributed by atoms with Gasteiger partial charge in [-0.15, -0.1) is 0 Å². The zero-order valence-electron chi connectivity index (χ0n) is 15.8. The predicted molar refractivity (Wildman–Crippen MR) is 103 cm³/mol. The number of hydrogen-bond acceptors (Lipinski definition) is 4. The van der Waals surface area contributed by atoms with Gasteiger partial charge in [0.2, 0.25) is 0 Å². The van der Waals surface area contributed by atoms with E-state index in [2.05, 4.69) is 15.4 Å². The van der Waals surface area contributed by atoms with Crippen molar-refractivity contribution in [1.82, 2.24) is 25.1 Å². The van der Waals surface area contributed by atoms with Crippen molar-refractivity contribution in [2.75, 3.05) is 0 Å². The molecule has 140 valence electrons. The van der Waals surface area contributed by atoms with Crippen LogP contribution in [0.2, 0.25) is 0 Å². The van der Waals surface area contributed by atoms with E-state index in [4.69, 9.17) is 4.98 Å². The standard InChI is InChI=1S/C20H23N5O2/c1-4-25-18-16(10-22-25)14(8-17(24-18)13-5-6-13)19(26)21-9-15-11(2)7-12(3)23-20(15)27/h7-8,10,13H,4-6,9H2,1-3H3,(H,21,26)(H,23,27). The van der Waals surface area contributed by atoms with Crippen LogP contribution in [0.25, 0.3) is 11.0 Å². The normalized spacial score (nSPS) is 13.9. The molecule has 0 radical (unpaired) electrons. The molecule has 0 saturated heterocycles. The molecule has 3 aromatic rings. The molecule has 7 nitrogen and oxygen atoms in total. The number of amides is 1. The van der Waals surface area contributed by atoms with Crippen molar-refractivity contribution >= 4 is 16.9 Å². The fourth-order valence-corrected chi connectivity index (χ4v) is 3.44. The molecule has 27 heavy (non-hydrogen) atoms. The molecule has 0 spiro atoms. The number of nitrogens with one attached hydrogen (secondary N) is 2. The number of H-pyrrole nitrogens is 1. The highest BCUT2D eigenvalue weighted by molar-refractivity contribution is 6.05. The minimum Gasteiger partial charge on any atom is -0.348 e. The van der Waals surface area contributed by atoms with E-state index in [0.29, 0.717) is 23.6 Å². The summed E-state index contributed by atoms with van der Waals surface area (Å²) < 4.78 is 1.81. The second-order valence-corrected chi connectivity index (χ2v) is 7.19. The molecule has 0 atom stereocenters. The number of rotatable bonds is 5. The Bertz CT molecular complexity index is 1090. The molecule has 3 heterocycles. The lowest BCUT2D eigenvalue weighted by Gasteiger charge is -2.10. The van der Waals surface area contributed by atoms with E-state index < -0.39 is 0 Å². The van der Waals surface area contributed by atoms with E-state index >= 15 is 0 Å². The first kappa shape index (κ1) is 17.5. The summed E-state index contributed by atoms with van der Waals surface area (Å²) in [7, 11) is 0. The molecule has 1 saturated carbocycles. The number of aromatic amines is 1. The summed E-state index contributed by atoms with van der Waals surface area (Å²) in [5, 5.41) is 8.00. The average molecular weight is 365 g/mol. The number of aryl methyl sites for hydroxylation is 3. The molecule has 1 fully saturated rings. The zero-order valence-corrected chi connectivity index (χ0v) is 15.8. The van der Waals surface area contributed by atoms with Gasteiger partial charge in [0.1, 0.15) is 0 Å². The summed E-state index contributed by atoms with van der Waals surface area (Å²) in [5.41, 5.74) is 4.36. The van der Waals surface area contributed by atoms with Crippen molar-refractivity contribution in [3.63, 3.8) is 0 Å². The van der Waals surface area contributed by atoms with E-state index in [9.17, 15) is 9.59 Å². The van der Waals surface area contributed by atoms with Gasteiger partial charge < -0.3 is 10.3 Å². The van der Waals surface area contributed by atoms with Crippen molar-refractivity contribution in [1.29, 1.82) is 0 Å². The van der Waals surface area contributed by atoms with Gasteiger partial charge in [-0.1, -0.05) is 0 Å². The van der Waals surface area contributed by atoms with Crippen LogP contribution >= 0.6 is 0 Å². The Morgan fingerprint density at radius 2 is 2.11 bits per heavy atom. The van der Waals surface area contributed by atoms with Crippen molar-refractivity contribution in [2.24, 2.45) is 0 Å². The molecule has 1 aliphatic carbocycles. The number of aromatic nitrogens is 4. The first-order valence-corrected chi connectivity index (χ1v) is 9.32. The second kappa shape index (κ2) is 6.64. The lowest BCUT2D eigenvalue weighted by Crippen LogP contribution is -2.28. The van der Waals surface area contributed by atoms with E-state index in [-0.39, 0.29) is 18.0 Å². The Labute approximate surface area is 156 Å². The molecule has 7 heteroatoms. The van der Waals surface area contributed by atoms with Gasteiger partial charge in [-0.25, -0.2) is 9.67 Å². The lowest BCUT2D eigenvalue weighted by atomic mass is 10.1. The van der Waals surface area contributed by atoms with Gasteiger partial charge in [0.25, 0.3) is 11.5 Å². The van der Waals surface area contributed by atoms with Crippen LogP contribution in [-0.4, -0.2) is 25.7 Å². The van der Waals surface area contributed by atoms with Gasteiger partial charge in [-0.3, -0.25) is 9.59 Å². The number of fused-ring (bicyclic) bond motifs is 1. The third kappa shape index (κ3) is 3.25. The van der Waals surface area contributed by atoms with E-state index in [1.54, 1.807) is 6.20 Å². The molecule has 3 aromatic heterocycles. The molecular weight excluding hydrogens is 342 g/mol. The Morgan fingerprint density at radius 1 is 1.33 bits per heavy atom. The van der Waals surface area contributed by atoms with Gasteiger partial charge in [0.15, 0.2) is 5.65 Å². The van der Waals surface area contributed by atoms with E-state index in [1.807, 2.05) is 37.6 Å². The summed E-state index contributed by atoms with van der Waals surface area (Å²) >= 11 is 0. The molecule has 0 aromatic carbocycles. The Morgan fingerprint density at radius 3 is 2.78 bits per heavy atom. The molecule has 1 amide bonds. The molecule has 0 unspecified atom stereocenters. The number of hydrogen-bond donors (Lipinski definition) is 2. The Kier molecular flexibility index (Phi) is 4.30. The maximum atomic E-state index is 12.9. The highest BCUT2D eigenvalue weighted by Crippen LogP contribution is 2.40. The van der Waals surface area contributed by atoms with Crippen LogP contribution in [0, 0.1) is 13.8 Å². The van der Waals surface area contributed by atoms with Crippen molar-refractivity contribution in [3.8, 4) is 0 Å². The van der Waals surface area contributed by atoms with Crippen molar-refractivity contribution < 1.29 is 4.79 Å². The molecule has 4 rings (SSSR count). The molecule has 1 aliphatic rings. The van der Waals surface area contributed by atoms with Gasteiger partial charge >= 0.3 is 0 Å². The topological polar surface area (TPSA) is 92.7 Å². The van der Waals surface area contributed by atoms with Crippen LogP contribution in [0.15, 0.2) is 23.1 Å². The summed E-state index contributed by atoms with van der Waals surface area (Å²) in [5.74, 6) is 0.225. The van der Waals surface area contributed by atoms with Crippen LogP contribution in [0.1, 0.15) is 58.6 Å². The van der Waals surface area contributed by atoms with Crippen LogP contribution < -0.4 is 10.9 Å². The Hall–Kier alpha value is -2.96. The quantitative estimate of drug-likeness (QED) is 0.727. The number of pyridine rings is 2. The fourth-order valence-electron chi connectivity index (χ4n) is 3.44. The SMILES string of the molecule is CCn1ncc2c(C(=O)NCc3c(C)cc(C)[nH]c3=O)cc(C3CC3)nc21. The second-order valence-electron chi connectivity index (χ2n) is 7.19. The van der Waals surface area contributed by atoms with Gasteiger partial charge in [-0.05, 0) is 51.3 Å². The maximum absolute atomic E-state index is 12.9. The van der Waals surface area contributed by atoms with Gasteiger partial charge in [-0.2, -0.15) is 5.10 Å². The van der Waals surface area contributed by atoms with Crippen LogP contribution in [-0.2, 0) is 13.1 Å². The van der Waals surface area contributed by atoms with E-state index in [0.717, 1.165) is 40.8 Å². The minimum absolute atomic E-state index is 0.162. The third-order valence-corrected chi connectivity index (χ3v) is 5.09. The number of carbonyl (C=O) groups is 1. The number of carbonyl (C=O) groups excluding carboxylic acids is 1. The van der Waals surface area contributed by atoms with Crippen LogP contribution in [0.3, 0.4) is 0 Å². The summed E-state index contributed by atoms with van der Waals surface area (Å²) in [6.07, 6.45) is 3.91. The van der Waals surface area contributed by atoms with Gasteiger partial charge in [0.05, 0.1) is 17.1 Å². The van der Waals surface area contributed by atoms with E-state index in [1.165, 1.54) is 0 Å². The van der Waals surface area contributed by atoms with Gasteiger partial charge in [0, 0.05) is 36.0 Å². The highest BCUT2D eigenvalue weighted by atomic mass is 16.1. The monoisotopic (exact) mass is 365 g/mol. The molecule has 0 aliphatic heterocycles. The maximum Gasteiger partial charge on any atom is 0.253 e. The smallest absolute Gasteiger partial charge is 0.253 e.